The molecule has 1 N–H and O–H groups in total. The molecule has 28 heavy (non-hydrogen) atoms. The van der Waals surface area contributed by atoms with Crippen LogP contribution in [0.2, 0.25) is 0 Å². The van der Waals surface area contributed by atoms with Gasteiger partial charge in [0.1, 0.15) is 29.7 Å². The second kappa shape index (κ2) is 6.76. The number of nitrogens with one attached hydrogen (secondary N) is 1. The normalized spacial score (nSPS) is 15.8. The Labute approximate surface area is 164 Å². The van der Waals surface area contributed by atoms with Crippen LogP contribution in [0.1, 0.15) is 5.56 Å². The number of halogens is 1. The fourth-order valence-corrected chi connectivity index (χ4v) is 4.14. The first kappa shape index (κ1) is 16.9. The van der Waals surface area contributed by atoms with E-state index in [1.165, 1.54) is 23.5 Å². The van der Waals surface area contributed by atoms with E-state index in [0.717, 1.165) is 21.8 Å². The quantitative estimate of drug-likeness (QED) is 0.562. The number of thiazole rings is 1. The van der Waals surface area contributed by atoms with Gasteiger partial charge in [0.15, 0.2) is 4.96 Å². The van der Waals surface area contributed by atoms with Crippen LogP contribution in [0.15, 0.2) is 60.1 Å². The number of para-hydroxylation sites is 1. The average Bonchev–Trinajstić information content (AvgIpc) is 3.31. The van der Waals surface area contributed by atoms with E-state index in [9.17, 15) is 9.18 Å². The summed E-state index contributed by atoms with van der Waals surface area (Å²) in [4.78, 5) is 18.4. The summed E-state index contributed by atoms with van der Waals surface area (Å²) in [5, 5.41) is 4.94. The first-order valence-electron chi connectivity index (χ1n) is 8.92. The molecule has 2 aromatic heterocycles. The third kappa shape index (κ3) is 2.93. The third-order valence-corrected chi connectivity index (χ3v) is 5.63. The summed E-state index contributed by atoms with van der Waals surface area (Å²) in [6, 6.07) is 13.9. The second-order valence-electron chi connectivity index (χ2n) is 6.68. The van der Waals surface area contributed by atoms with E-state index in [4.69, 9.17) is 4.74 Å². The number of nitrogens with zero attached hydrogens (tertiary/aromatic N) is 2. The predicted molar refractivity (Wildman–Crippen MR) is 106 cm³/mol. The van der Waals surface area contributed by atoms with Gasteiger partial charge in [-0.2, -0.15) is 0 Å². The number of rotatable bonds is 3. The van der Waals surface area contributed by atoms with E-state index >= 15 is 0 Å². The second-order valence-corrected chi connectivity index (χ2v) is 7.55. The number of fused-ring (bicyclic) bond motifs is 2. The smallest absolute Gasteiger partial charge is 0.232 e. The molecule has 7 heteroatoms. The Morgan fingerprint density at radius 2 is 2.04 bits per heavy atom. The number of hydrogen-bond donors (Lipinski definition) is 1. The van der Waals surface area contributed by atoms with E-state index < -0.39 is 0 Å². The van der Waals surface area contributed by atoms with Gasteiger partial charge < -0.3 is 10.1 Å². The van der Waals surface area contributed by atoms with Gasteiger partial charge in [0.05, 0.1) is 5.92 Å². The molecule has 1 aliphatic rings. The number of benzene rings is 2. The number of carbonyl (C=O) groups excluding carboxylic acids is 1. The lowest BCUT2D eigenvalue weighted by molar-refractivity contribution is -0.121. The fourth-order valence-electron chi connectivity index (χ4n) is 3.43. The van der Waals surface area contributed by atoms with Crippen molar-refractivity contribution in [1.29, 1.82) is 0 Å². The lowest BCUT2D eigenvalue weighted by Crippen LogP contribution is -2.33. The molecule has 3 heterocycles. The Morgan fingerprint density at radius 1 is 1.21 bits per heavy atom. The maximum absolute atomic E-state index is 13.3. The first-order valence-corrected chi connectivity index (χ1v) is 9.80. The Bertz CT molecular complexity index is 1170. The molecule has 5 nitrogen and oxygen atoms in total. The van der Waals surface area contributed by atoms with E-state index in [1.807, 2.05) is 40.2 Å². The van der Waals surface area contributed by atoms with Crippen molar-refractivity contribution in [2.24, 2.45) is 5.92 Å². The number of amides is 1. The lowest BCUT2D eigenvalue weighted by Gasteiger charge is -2.24. The largest absolute Gasteiger partial charge is 0.492 e. The molecule has 0 fully saturated rings. The zero-order valence-corrected chi connectivity index (χ0v) is 15.6. The van der Waals surface area contributed by atoms with E-state index in [0.29, 0.717) is 24.5 Å². The zero-order valence-electron chi connectivity index (χ0n) is 14.8. The van der Waals surface area contributed by atoms with Gasteiger partial charge in [0, 0.05) is 17.1 Å². The highest BCUT2D eigenvalue weighted by atomic mass is 32.1. The molecule has 5 rings (SSSR count). The van der Waals surface area contributed by atoms with Crippen molar-refractivity contribution in [3.8, 4) is 17.0 Å². The molecule has 1 amide bonds. The number of anilines is 1. The first-order chi connectivity index (χ1) is 13.7. The molecule has 0 spiro atoms. The van der Waals surface area contributed by atoms with Crippen LogP contribution in [0.3, 0.4) is 0 Å². The standard InChI is InChI=1S/C21H16FN3O2S/c22-16-7-5-13(6-8-16)18-19(25-9-10-28-21(25)23-18)24-20(26)15-11-14-3-1-2-4-17(14)27-12-15/h1-10,15H,11-12H2,(H,24,26). The van der Waals surface area contributed by atoms with Gasteiger partial charge in [0.25, 0.3) is 0 Å². The number of ether oxygens (including phenoxy) is 1. The van der Waals surface area contributed by atoms with Crippen molar-refractivity contribution >= 4 is 28.0 Å². The number of imidazole rings is 1. The van der Waals surface area contributed by atoms with Crippen LogP contribution >= 0.6 is 11.3 Å². The highest BCUT2D eigenvalue weighted by Gasteiger charge is 2.27. The molecule has 1 unspecified atom stereocenters. The maximum Gasteiger partial charge on any atom is 0.232 e. The summed E-state index contributed by atoms with van der Waals surface area (Å²) in [6.45, 7) is 0.334. The topological polar surface area (TPSA) is 55.6 Å². The molecule has 2 aromatic carbocycles. The van der Waals surface area contributed by atoms with Crippen molar-refractivity contribution in [2.45, 2.75) is 6.42 Å². The van der Waals surface area contributed by atoms with Crippen LogP contribution in [-0.2, 0) is 11.2 Å². The van der Waals surface area contributed by atoms with Gasteiger partial charge in [-0.25, -0.2) is 9.37 Å². The molecule has 1 atom stereocenters. The summed E-state index contributed by atoms with van der Waals surface area (Å²) in [6.07, 6.45) is 2.49. The van der Waals surface area contributed by atoms with E-state index in [1.54, 1.807) is 12.1 Å². The Morgan fingerprint density at radius 3 is 2.89 bits per heavy atom. The lowest BCUT2D eigenvalue weighted by atomic mass is 9.96. The Balaban J connectivity index is 1.46. The summed E-state index contributed by atoms with van der Waals surface area (Å²) in [7, 11) is 0. The Kier molecular flexibility index (Phi) is 4.09. The SMILES string of the molecule is O=C(Nc1c(-c2ccc(F)cc2)nc2sccn12)C1COc2ccccc2C1. The van der Waals surface area contributed by atoms with Crippen molar-refractivity contribution in [2.75, 3.05) is 11.9 Å². The van der Waals surface area contributed by atoms with Crippen molar-refractivity contribution in [3.05, 3.63) is 71.5 Å². The number of carbonyl (C=O) groups is 1. The fraction of sp³-hybridized carbons (Fsp3) is 0.143. The zero-order chi connectivity index (χ0) is 19.1. The Hall–Kier alpha value is -3.19. The highest BCUT2D eigenvalue weighted by Crippen LogP contribution is 2.32. The van der Waals surface area contributed by atoms with Crippen LogP contribution in [0, 0.1) is 11.7 Å². The molecule has 0 bridgehead atoms. The molecule has 0 saturated carbocycles. The minimum Gasteiger partial charge on any atom is -0.492 e. The molecule has 1 aliphatic heterocycles. The molecular formula is C21H16FN3O2S. The van der Waals surface area contributed by atoms with Crippen LogP contribution in [0.25, 0.3) is 16.2 Å². The van der Waals surface area contributed by atoms with Crippen LogP contribution < -0.4 is 10.1 Å². The summed E-state index contributed by atoms with van der Waals surface area (Å²) in [5.41, 5.74) is 2.40. The van der Waals surface area contributed by atoms with Crippen LogP contribution in [-0.4, -0.2) is 21.9 Å². The minimum atomic E-state index is -0.312. The number of aromatic nitrogens is 2. The molecular weight excluding hydrogens is 377 g/mol. The molecule has 0 aliphatic carbocycles. The maximum atomic E-state index is 13.3. The van der Waals surface area contributed by atoms with Gasteiger partial charge in [-0.3, -0.25) is 9.20 Å². The molecule has 140 valence electrons. The van der Waals surface area contributed by atoms with Crippen molar-refractivity contribution < 1.29 is 13.9 Å². The van der Waals surface area contributed by atoms with Crippen molar-refractivity contribution in [3.63, 3.8) is 0 Å². The monoisotopic (exact) mass is 393 g/mol. The van der Waals surface area contributed by atoms with Crippen LogP contribution in [0.4, 0.5) is 10.2 Å². The van der Waals surface area contributed by atoms with E-state index in [2.05, 4.69) is 10.3 Å². The molecule has 0 radical (unpaired) electrons. The van der Waals surface area contributed by atoms with Crippen LogP contribution in [0.5, 0.6) is 5.75 Å². The average molecular weight is 393 g/mol. The van der Waals surface area contributed by atoms with Gasteiger partial charge in [0.2, 0.25) is 5.91 Å². The molecule has 4 aromatic rings. The van der Waals surface area contributed by atoms with E-state index in [-0.39, 0.29) is 17.6 Å². The predicted octanol–water partition coefficient (Wildman–Crippen LogP) is 4.39. The molecule has 0 saturated heterocycles. The highest BCUT2D eigenvalue weighted by molar-refractivity contribution is 7.15. The summed E-state index contributed by atoms with van der Waals surface area (Å²) >= 11 is 1.48. The minimum absolute atomic E-state index is 0.120. The van der Waals surface area contributed by atoms with Gasteiger partial charge in [-0.05, 0) is 42.3 Å². The van der Waals surface area contributed by atoms with Gasteiger partial charge in [-0.1, -0.05) is 18.2 Å². The summed E-state index contributed by atoms with van der Waals surface area (Å²) < 4.78 is 20.9. The van der Waals surface area contributed by atoms with Gasteiger partial charge >= 0.3 is 0 Å². The number of hydrogen-bond acceptors (Lipinski definition) is 4. The summed E-state index contributed by atoms with van der Waals surface area (Å²) in [5.74, 6) is 0.703. The third-order valence-electron chi connectivity index (χ3n) is 4.87. The van der Waals surface area contributed by atoms with Gasteiger partial charge in [-0.15, -0.1) is 11.3 Å². The van der Waals surface area contributed by atoms with Crippen molar-refractivity contribution in [1.82, 2.24) is 9.38 Å².